The Hall–Kier alpha value is -1.78. The summed E-state index contributed by atoms with van der Waals surface area (Å²) >= 11 is 0. The molecule has 20 heavy (non-hydrogen) atoms. The lowest BCUT2D eigenvalue weighted by molar-refractivity contribution is -0.205. The number of alkyl halides is 3. The molecular weight excluding hydrogens is 269 g/mol. The predicted octanol–water partition coefficient (Wildman–Crippen LogP) is 4.52. The van der Waals surface area contributed by atoms with Gasteiger partial charge in [-0.2, -0.15) is 13.2 Å². The number of rotatable bonds is 5. The average molecular weight is 286 g/mol. The molecule has 1 rings (SSSR count). The van der Waals surface area contributed by atoms with Gasteiger partial charge in [-0.15, -0.1) is 0 Å². The van der Waals surface area contributed by atoms with Crippen LogP contribution >= 0.6 is 0 Å². The lowest BCUT2D eigenvalue weighted by Gasteiger charge is -2.20. The van der Waals surface area contributed by atoms with Crippen molar-refractivity contribution in [2.24, 2.45) is 0 Å². The summed E-state index contributed by atoms with van der Waals surface area (Å²) in [6.45, 7) is 3.61. The Kier molecular flexibility index (Phi) is 5.80. The summed E-state index contributed by atoms with van der Waals surface area (Å²) in [5.74, 6) is -0.954. The molecule has 0 radical (unpaired) electrons. The van der Waals surface area contributed by atoms with E-state index in [9.17, 15) is 18.0 Å². The fourth-order valence-electron chi connectivity index (χ4n) is 1.58. The number of benzene rings is 1. The van der Waals surface area contributed by atoms with Gasteiger partial charge in [0.05, 0.1) is 5.56 Å². The first kappa shape index (κ1) is 16.3. The van der Waals surface area contributed by atoms with Crippen molar-refractivity contribution < 1.29 is 22.7 Å². The van der Waals surface area contributed by atoms with Crippen LogP contribution in [0.1, 0.15) is 37.0 Å². The number of carbonyl (C=O) groups excluding carboxylic acids is 1. The third-order valence-corrected chi connectivity index (χ3v) is 2.61. The zero-order valence-corrected chi connectivity index (χ0v) is 11.4. The van der Waals surface area contributed by atoms with E-state index in [4.69, 9.17) is 0 Å². The van der Waals surface area contributed by atoms with Gasteiger partial charge in [0.2, 0.25) is 0 Å². The first-order valence-electron chi connectivity index (χ1n) is 6.27. The van der Waals surface area contributed by atoms with Crippen LogP contribution in [0.5, 0.6) is 0 Å². The van der Waals surface area contributed by atoms with Crippen LogP contribution in [-0.2, 0) is 4.74 Å². The molecule has 0 fully saturated rings. The monoisotopic (exact) mass is 286 g/mol. The van der Waals surface area contributed by atoms with Crippen LogP contribution in [0.2, 0.25) is 0 Å². The molecule has 2 nitrogen and oxygen atoms in total. The Morgan fingerprint density at radius 3 is 2.35 bits per heavy atom. The highest BCUT2D eigenvalue weighted by Gasteiger charge is 2.42. The summed E-state index contributed by atoms with van der Waals surface area (Å²) in [5, 5.41) is 0. The lowest BCUT2D eigenvalue weighted by atomic mass is 10.1. The topological polar surface area (TPSA) is 26.3 Å². The normalized spacial score (nSPS) is 12.7. The molecule has 0 amide bonds. The molecule has 0 unspecified atom stereocenters. The fourth-order valence-corrected chi connectivity index (χ4v) is 1.58. The van der Waals surface area contributed by atoms with E-state index in [-0.39, 0.29) is 18.4 Å². The summed E-state index contributed by atoms with van der Waals surface area (Å²) in [7, 11) is 0. The van der Waals surface area contributed by atoms with E-state index in [0.717, 1.165) is 5.57 Å². The van der Waals surface area contributed by atoms with E-state index in [1.165, 1.54) is 12.1 Å². The van der Waals surface area contributed by atoms with Gasteiger partial charge in [-0.05, 0) is 38.8 Å². The van der Waals surface area contributed by atoms with Crippen LogP contribution in [0.3, 0.4) is 0 Å². The maximum Gasteiger partial charge on any atom is 0.425 e. The Morgan fingerprint density at radius 1 is 1.25 bits per heavy atom. The Morgan fingerprint density at radius 2 is 1.85 bits per heavy atom. The van der Waals surface area contributed by atoms with Gasteiger partial charge in [-0.1, -0.05) is 29.8 Å². The summed E-state index contributed by atoms with van der Waals surface area (Å²) in [6, 6.07) is 7.66. The SMILES string of the molecule is CC(C)=CCC[C@H](OC(=O)c1ccccc1)C(F)(F)F. The van der Waals surface area contributed by atoms with Crippen molar-refractivity contribution in [2.45, 2.75) is 39.0 Å². The van der Waals surface area contributed by atoms with Gasteiger partial charge >= 0.3 is 12.1 Å². The first-order valence-corrected chi connectivity index (χ1v) is 6.27. The van der Waals surface area contributed by atoms with E-state index in [1.54, 1.807) is 38.1 Å². The minimum Gasteiger partial charge on any atom is -0.449 e. The van der Waals surface area contributed by atoms with Gasteiger partial charge in [0.1, 0.15) is 0 Å². The molecule has 1 atom stereocenters. The summed E-state index contributed by atoms with van der Waals surface area (Å²) in [6.07, 6.45) is -5.00. The van der Waals surface area contributed by atoms with E-state index < -0.39 is 18.2 Å². The quantitative estimate of drug-likeness (QED) is 0.587. The highest BCUT2D eigenvalue weighted by atomic mass is 19.4. The molecule has 5 heteroatoms. The maximum atomic E-state index is 12.8. The molecule has 1 aromatic carbocycles. The second kappa shape index (κ2) is 7.12. The molecule has 0 aliphatic heterocycles. The third-order valence-electron chi connectivity index (χ3n) is 2.61. The number of hydrogen-bond donors (Lipinski definition) is 0. The van der Waals surface area contributed by atoms with E-state index >= 15 is 0 Å². The zero-order chi connectivity index (χ0) is 15.2. The van der Waals surface area contributed by atoms with Crippen molar-refractivity contribution >= 4 is 5.97 Å². The van der Waals surface area contributed by atoms with Gasteiger partial charge in [0.25, 0.3) is 0 Å². The molecule has 0 N–H and O–H groups in total. The first-order chi connectivity index (χ1) is 9.30. The molecule has 1 aromatic rings. The summed E-state index contributed by atoms with van der Waals surface area (Å²) < 4.78 is 43.1. The van der Waals surface area contributed by atoms with Gasteiger partial charge in [-0.25, -0.2) is 4.79 Å². The van der Waals surface area contributed by atoms with Gasteiger partial charge in [-0.3, -0.25) is 0 Å². The fraction of sp³-hybridized carbons (Fsp3) is 0.400. The molecule has 0 aliphatic rings. The van der Waals surface area contributed by atoms with Crippen LogP contribution in [0.4, 0.5) is 13.2 Å². The van der Waals surface area contributed by atoms with Crippen molar-refractivity contribution in [3.8, 4) is 0 Å². The minimum absolute atomic E-state index is 0.115. The standard InChI is InChI=1S/C15H17F3O2/c1-11(2)7-6-10-13(15(16,17)18)20-14(19)12-8-4-3-5-9-12/h3-5,7-9,13H,6,10H2,1-2H3/t13-/m0/s1. The number of esters is 1. The molecule has 0 aromatic heterocycles. The Balaban J connectivity index is 2.70. The number of hydrogen-bond acceptors (Lipinski definition) is 2. The van der Waals surface area contributed by atoms with Crippen molar-refractivity contribution in [3.63, 3.8) is 0 Å². The molecule has 0 saturated heterocycles. The van der Waals surface area contributed by atoms with Crippen molar-refractivity contribution in [1.82, 2.24) is 0 Å². The van der Waals surface area contributed by atoms with Crippen LogP contribution in [0.25, 0.3) is 0 Å². The Bertz CT molecular complexity index is 460. The molecular formula is C15H17F3O2. The van der Waals surface area contributed by atoms with E-state index in [0.29, 0.717) is 0 Å². The molecule has 0 saturated carbocycles. The van der Waals surface area contributed by atoms with Crippen LogP contribution in [0.15, 0.2) is 42.0 Å². The van der Waals surface area contributed by atoms with Gasteiger partial charge in [0.15, 0.2) is 6.10 Å². The molecule has 0 bridgehead atoms. The van der Waals surface area contributed by atoms with Crippen LogP contribution < -0.4 is 0 Å². The second-order valence-electron chi connectivity index (χ2n) is 4.66. The number of allylic oxidation sites excluding steroid dienone is 2. The summed E-state index contributed by atoms with van der Waals surface area (Å²) in [5.41, 5.74) is 1.05. The second-order valence-corrected chi connectivity index (χ2v) is 4.66. The minimum atomic E-state index is -4.56. The molecule has 0 heterocycles. The zero-order valence-electron chi connectivity index (χ0n) is 11.4. The van der Waals surface area contributed by atoms with E-state index in [2.05, 4.69) is 4.74 Å². The Labute approximate surface area is 116 Å². The lowest BCUT2D eigenvalue weighted by Crippen LogP contribution is -2.33. The molecule has 0 aliphatic carbocycles. The summed E-state index contributed by atoms with van der Waals surface area (Å²) in [4.78, 5) is 11.7. The van der Waals surface area contributed by atoms with Crippen LogP contribution in [0, 0.1) is 0 Å². The van der Waals surface area contributed by atoms with Gasteiger partial charge < -0.3 is 4.74 Å². The molecule has 0 spiro atoms. The smallest absolute Gasteiger partial charge is 0.425 e. The van der Waals surface area contributed by atoms with Crippen molar-refractivity contribution in [2.75, 3.05) is 0 Å². The largest absolute Gasteiger partial charge is 0.449 e. The highest BCUT2D eigenvalue weighted by Crippen LogP contribution is 2.27. The molecule has 110 valence electrons. The van der Waals surface area contributed by atoms with E-state index in [1.807, 2.05) is 0 Å². The van der Waals surface area contributed by atoms with Crippen LogP contribution in [-0.4, -0.2) is 18.2 Å². The van der Waals surface area contributed by atoms with Gasteiger partial charge in [0, 0.05) is 0 Å². The highest BCUT2D eigenvalue weighted by molar-refractivity contribution is 5.89. The van der Waals surface area contributed by atoms with Crippen molar-refractivity contribution in [3.05, 3.63) is 47.5 Å². The maximum absolute atomic E-state index is 12.8. The number of ether oxygens (including phenoxy) is 1. The predicted molar refractivity (Wildman–Crippen MR) is 70.4 cm³/mol. The van der Waals surface area contributed by atoms with Crippen molar-refractivity contribution in [1.29, 1.82) is 0 Å². The average Bonchev–Trinajstić information content (AvgIpc) is 2.37. The number of halogens is 3. The number of carbonyl (C=O) groups is 1. The third kappa shape index (κ3) is 5.47.